The number of hydrogen-bond donors (Lipinski definition) is 2. The molecule has 1 fully saturated rings. The molecule has 2 atom stereocenters. The molecule has 0 radical (unpaired) electrons. The Morgan fingerprint density at radius 2 is 1.81 bits per heavy atom. The first-order valence-corrected chi connectivity index (χ1v) is 11.8. The molecule has 1 aliphatic rings. The summed E-state index contributed by atoms with van der Waals surface area (Å²) in [4.78, 5) is 25.7. The second kappa shape index (κ2) is 11.4. The number of amides is 1. The summed E-state index contributed by atoms with van der Waals surface area (Å²) < 4.78 is 17.4. The van der Waals surface area contributed by atoms with Crippen molar-refractivity contribution < 1.29 is 23.8 Å². The number of nitrogens with zero attached hydrogens (tertiary/aromatic N) is 1. The van der Waals surface area contributed by atoms with E-state index in [0.717, 1.165) is 17.7 Å². The van der Waals surface area contributed by atoms with Crippen LogP contribution in [0.1, 0.15) is 37.0 Å². The number of benzene rings is 3. The van der Waals surface area contributed by atoms with Crippen molar-refractivity contribution in [2.45, 2.75) is 32.0 Å². The smallest absolute Gasteiger partial charge is 0.303 e. The monoisotopic (exact) mass is 487 g/mol. The van der Waals surface area contributed by atoms with Crippen LogP contribution in [-0.2, 0) is 14.3 Å². The van der Waals surface area contributed by atoms with Gasteiger partial charge < -0.3 is 24.8 Å². The van der Waals surface area contributed by atoms with Crippen LogP contribution in [0, 0.1) is 5.41 Å². The number of nitrogens with two attached hydrogens (primary N) is 1. The molecule has 1 amide bonds. The van der Waals surface area contributed by atoms with Crippen LogP contribution in [0.2, 0.25) is 0 Å². The number of carbonyl (C=O) groups excluding carboxylic acids is 2. The first-order valence-electron chi connectivity index (χ1n) is 11.8. The number of piperidine rings is 1. The molecule has 1 aliphatic heterocycles. The summed E-state index contributed by atoms with van der Waals surface area (Å²) in [6, 6.07) is 24.1. The number of hydrogen-bond acceptors (Lipinski definition) is 6. The highest BCUT2D eigenvalue weighted by atomic mass is 16.5. The lowest BCUT2D eigenvalue weighted by atomic mass is 10.1. The average Bonchev–Trinajstić information content (AvgIpc) is 2.88. The molecule has 8 heteroatoms. The maximum absolute atomic E-state index is 12.7. The lowest BCUT2D eigenvalue weighted by Crippen LogP contribution is -2.46. The second-order valence-electron chi connectivity index (χ2n) is 8.49. The molecule has 1 heterocycles. The predicted molar refractivity (Wildman–Crippen MR) is 136 cm³/mol. The predicted octanol–water partition coefficient (Wildman–Crippen LogP) is 4.23. The number of anilines is 1. The fourth-order valence-electron chi connectivity index (χ4n) is 4.07. The fourth-order valence-corrected chi connectivity index (χ4v) is 4.07. The molecule has 36 heavy (non-hydrogen) atoms. The molecule has 0 aliphatic carbocycles. The largest absolute Gasteiger partial charge is 0.489 e. The topological polar surface area (TPSA) is 115 Å². The van der Waals surface area contributed by atoms with Crippen LogP contribution in [0.5, 0.6) is 11.5 Å². The van der Waals surface area contributed by atoms with Crippen LogP contribution in [0.3, 0.4) is 0 Å². The van der Waals surface area contributed by atoms with Gasteiger partial charge in [0, 0.05) is 24.7 Å². The molecule has 2 unspecified atom stereocenters. The SMILES string of the molecule is CC(=O)OC1CCCN(c2ccc(OCC(Oc3cccc(C(=N)N)c3)c3ccccc3)cc2)C1=O. The molecule has 0 bridgehead atoms. The molecule has 186 valence electrons. The maximum Gasteiger partial charge on any atom is 0.303 e. The summed E-state index contributed by atoms with van der Waals surface area (Å²) in [7, 11) is 0. The van der Waals surface area contributed by atoms with Crippen LogP contribution >= 0.6 is 0 Å². The second-order valence-corrected chi connectivity index (χ2v) is 8.49. The number of rotatable bonds is 9. The third kappa shape index (κ3) is 6.21. The fraction of sp³-hybridized carbons (Fsp3) is 0.250. The Morgan fingerprint density at radius 1 is 1.06 bits per heavy atom. The van der Waals surface area contributed by atoms with E-state index in [2.05, 4.69) is 0 Å². The Bertz CT molecular complexity index is 1210. The van der Waals surface area contributed by atoms with Gasteiger partial charge in [0.05, 0.1) is 0 Å². The standard InChI is InChI=1S/C28H29N3O5/c1-19(32)35-25-11-6-16-31(28(25)33)22-12-14-23(15-13-22)34-18-26(20-7-3-2-4-8-20)36-24-10-5-9-21(17-24)27(29)30/h2-5,7-10,12-15,17,25-26H,6,11,16,18H2,1H3,(H3,29,30). The van der Waals surface area contributed by atoms with Crippen LogP contribution in [0.15, 0.2) is 78.9 Å². The summed E-state index contributed by atoms with van der Waals surface area (Å²) in [5.74, 6) is 0.514. The van der Waals surface area contributed by atoms with Crippen molar-refractivity contribution >= 4 is 23.4 Å². The number of carbonyl (C=O) groups is 2. The third-order valence-corrected chi connectivity index (χ3v) is 5.84. The molecular formula is C28H29N3O5. The Labute approximate surface area is 210 Å². The minimum absolute atomic E-state index is 0.0283. The molecule has 3 aromatic carbocycles. The van der Waals surface area contributed by atoms with E-state index in [1.165, 1.54) is 6.92 Å². The van der Waals surface area contributed by atoms with E-state index in [9.17, 15) is 9.59 Å². The van der Waals surface area contributed by atoms with Crippen molar-refractivity contribution in [3.8, 4) is 11.5 Å². The zero-order chi connectivity index (χ0) is 25.5. The van der Waals surface area contributed by atoms with Crippen molar-refractivity contribution in [1.82, 2.24) is 0 Å². The van der Waals surface area contributed by atoms with Gasteiger partial charge in [-0.15, -0.1) is 0 Å². The molecular weight excluding hydrogens is 458 g/mol. The highest BCUT2D eigenvalue weighted by Gasteiger charge is 2.31. The van der Waals surface area contributed by atoms with Crippen molar-refractivity contribution in [1.29, 1.82) is 5.41 Å². The molecule has 4 rings (SSSR count). The average molecular weight is 488 g/mol. The maximum atomic E-state index is 12.7. The number of nitrogen functional groups attached to an aromatic ring is 1. The van der Waals surface area contributed by atoms with Crippen LogP contribution in [0.4, 0.5) is 5.69 Å². The van der Waals surface area contributed by atoms with Crippen molar-refractivity contribution in [2.75, 3.05) is 18.1 Å². The molecule has 1 saturated heterocycles. The van der Waals surface area contributed by atoms with Crippen LogP contribution < -0.4 is 20.1 Å². The van der Waals surface area contributed by atoms with Crippen LogP contribution in [-0.4, -0.2) is 37.0 Å². The van der Waals surface area contributed by atoms with Gasteiger partial charge in [0.2, 0.25) is 0 Å². The van der Waals surface area contributed by atoms with E-state index >= 15 is 0 Å². The molecule has 0 saturated carbocycles. The first kappa shape index (κ1) is 24.8. The summed E-state index contributed by atoms with van der Waals surface area (Å²) in [6.45, 7) is 2.12. The summed E-state index contributed by atoms with van der Waals surface area (Å²) in [5.41, 5.74) is 7.87. The van der Waals surface area contributed by atoms with E-state index in [0.29, 0.717) is 30.0 Å². The van der Waals surface area contributed by atoms with Gasteiger partial charge in [-0.1, -0.05) is 42.5 Å². The lowest BCUT2D eigenvalue weighted by molar-refractivity contribution is -0.154. The van der Waals surface area contributed by atoms with E-state index in [-0.39, 0.29) is 18.3 Å². The minimum atomic E-state index is -0.738. The van der Waals surface area contributed by atoms with E-state index in [1.54, 1.807) is 35.2 Å². The van der Waals surface area contributed by atoms with Crippen LogP contribution in [0.25, 0.3) is 0 Å². The number of ether oxygens (including phenoxy) is 3. The quantitative estimate of drug-likeness (QED) is 0.265. The van der Waals surface area contributed by atoms with Gasteiger partial charge in [-0.25, -0.2) is 0 Å². The normalized spacial score (nSPS) is 16.2. The van der Waals surface area contributed by atoms with E-state index in [4.69, 9.17) is 25.4 Å². The van der Waals surface area contributed by atoms with Gasteiger partial charge >= 0.3 is 5.97 Å². The Hall–Kier alpha value is -4.33. The Kier molecular flexibility index (Phi) is 7.85. The van der Waals surface area contributed by atoms with Gasteiger partial charge in [0.1, 0.15) is 23.9 Å². The number of amidine groups is 1. The van der Waals surface area contributed by atoms with Gasteiger partial charge in [-0.2, -0.15) is 0 Å². The summed E-state index contributed by atoms with van der Waals surface area (Å²) >= 11 is 0. The third-order valence-electron chi connectivity index (χ3n) is 5.84. The minimum Gasteiger partial charge on any atom is -0.489 e. The summed E-state index contributed by atoms with van der Waals surface area (Å²) in [6.07, 6.45) is 0.147. The van der Waals surface area contributed by atoms with Gasteiger partial charge in [0.25, 0.3) is 5.91 Å². The zero-order valence-corrected chi connectivity index (χ0v) is 20.1. The zero-order valence-electron chi connectivity index (χ0n) is 20.1. The Morgan fingerprint density at radius 3 is 2.50 bits per heavy atom. The van der Waals surface area contributed by atoms with Crippen molar-refractivity contribution in [3.05, 3.63) is 90.0 Å². The van der Waals surface area contributed by atoms with E-state index in [1.807, 2.05) is 48.5 Å². The summed E-state index contributed by atoms with van der Waals surface area (Å²) in [5, 5.41) is 7.67. The highest BCUT2D eigenvalue weighted by Crippen LogP contribution is 2.27. The van der Waals surface area contributed by atoms with E-state index < -0.39 is 18.2 Å². The number of nitrogens with one attached hydrogen (secondary N) is 1. The molecule has 0 aromatic heterocycles. The van der Waals surface area contributed by atoms with Gasteiger partial charge in [-0.05, 0) is 54.8 Å². The highest BCUT2D eigenvalue weighted by molar-refractivity contribution is 5.98. The molecule has 3 aromatic rings. The number of esters is 1. The molecule has 8 nitrogen and oxygen atoms in total. The van der Waals surface area contributed by atoms with Crippen molar-refractivity contribution in [3.63, 3.8) is 0 Å². The van der Waals surface area contributed by atoms with Gasteiger partial charge in [0.15, 0.2) is 12.2 Å². The Balaban J connectivity index is 1.44. The van der Waals surface area contributed by atoms with Crippen molar-refractivity contribution in [2.24, 2.45) is 5.73 Å². The molecule has 3 N–H and O–H groups in total. The molecule has 0 spiro atoms. The first-order chi connectivity index (χ1) is 17.4. The van der Waals surface area contributed by atoms with Gasteiger partial charge in [-0.3, -0.25) is 15.0 Å². The lowest BCUT2D eigenvalue weighted by Gasteiger charge is -2.31.